The molecule has 1 spiro atoms. The van der Waals surface area contributed by atoms with Gasteiger partial charge < -0.3 is 9.80 Å². The minimum atomic E-state index is 0.765. The van der Waals surface area contributed by atoms with Gasteiger partial charge in [0.05, 0.1) is 0 Å². The maximum absolute atomic E-state index is 2.48. The van der Waals surface area contributed by atoms with Gasteiger partial charge in [0.25, 0.3) is 0 Å². The van der Waals surface area contributed by atoms with E-state index in [1.807, 2.05) is 0 Å². The molecule has 15 heavy (non-hydrogen) atoms. The molecule has 1 aliphatic carbocycles. The Morgan fingerprint density at radius 1 is 0.867 bits per heavy atom. The second kappa shape index (κ2) is 3.46. The summed E-state index contributed by atoms with van der Waals surface area (Å²) in [6.07, 6.45) is 6.07. The zero-order valence-electron chi connectivity index (χ0n) is 10.2. The van der Waals surface area contributed by atoms with Crippen LogP contribution in [0, 0.1) is 17.3 Å². The summed E-state index contributed by atoms with van der Waals surface area (Å²) in [4.78, 5) is 4.95. The SMILES string of the molecule is CN1CC(C2CCC3(CC2)CN(C)C3)C1. The highest BCUT2D eigenvalue weighted by molar-refractivity contribution is 4.98. The summed E-state index contributed by atoms with van der Waals surface area (Å²) in [6.45, 7) is 5.50. The third kappa shape index (κ3) is 1.72. The summed E-state index contributed by atoms with van der Waals surface area (Å²) in [5.41, 5.74) is 0.765. The number of rotatable bonds is 1. The Labute approximate surface area is 93.6 Å². The maximum atomic E-state index is 2.48. The molecule has 0 N–H and O–H groups in total. The van der Waals surface area contributed by atoms with Gasteiger partial charge in [-0.2, -0.15) is 0 Å². The molecule has 3 rings (SSSR count). The average Bonchev–Trinajstić information content (AvgIpc) is 2.13. The monoisotopic (exact) mass is 208 g/mol. The Kier molecular flexibility index (Phi) is 2.33. The summed E-state index contributed by atoms with van der Waals surface area (Å²) in [7, 11) is 4.51. The van der Waals surface area contributed by atoms with E-state index in [0.29, 0.717) is 0 Å². The minimum absolute atomic E-state index is 0.765. The largest absolute Gasteiger partial charge is 0.306 e. The Hall–Kier alpha value is -0.0800. The van der Waals surface area contributed by atoms with Crippen LogP contribution in [0.3, 0.4) is 0 Å². The molecule has 0 aromatic rings. The van der Waals surface area contributed by atoms with Crippen molar-refractivity contribution >= 4 is 0 Å². The molecule has 0 bridgehead atoms. The van der Waals surface area contributed by atoms with E-state index in [4.69, 9.17) is 0 Å². The number of hydrogen-bond acceptors (Lipinski definition) is 2. The predicted molar refractivity (Wildman–Crippen MR) is 62.9 cm³/mol. The van der Waals surface area contributed by atoms with Crippen molar-refractivity contribution in [2.45, 2.75) is 25.7 Å². The molecule has 86 valence electrons. The molecule has 0 radical (unpaired) electrons. The Morgan fingerprint density at radius 3 is 1.93 bits per heavy atom. The fraction of sp³-hybridized carbons (Fsp3) is 1.00. The van der Waals surface area contributed by atoms with E-state index in [1.165, 1.54) is 51.9 Å². The first-order chi connectivity index (χ1) is 7.17. The van der Waals surface area contributed by atoms with E-state index in [0.717, 1.165) is 17.3 Å². The second-order valence-corrected chi connectivity index (χ2v) is 6.49. The third-order valence-corrected chi connectivity index (χ3v) is 5.06. The van der Waals surface area contributed by atoms with Crippen molar-refractivity contribution in [2.24, 2.45) is 17.3 Å². The fourth-order valence-corrected chi connectivity index (χ4v) is 4.18. The number of hydrogen-bond donors (Lipinski definition) is 0. The van der Waals surface area contributed by atoms with Gasteiger partial charge in [0.2, 0.25) is 0 Å². The first-order valence-corrected chi connectivity index (χ1v) is 6.54. The minimum Gasteiger partial charge on any atom is -0.306 e. The first-order valence-electron chi connectivity index (χ1n) is 6.54. The van der Waals surface area contributed by atoms with E-state index in [-0.39, 0.29) is 0 Å². The van der Waals surface area contributed by atoms with E-state index < -0.39 is 0 Å². The standard InChI is InChI=1S/C13H24N2/c1-14-7-12(8-14)11-3-5-13(6-4-11)9-15(2)10-13/h11-12H,3-10H2,1-2H3. The van der Waals surface area contributed by atoms with Gasteiger partial charge in [-0.15, -0.1) is 0 Å². The maximum Gasteiger partial charge on any atom is 0.00474 e. The van der Waals surface area contributed by atoms with Gasteiger partial charge in [0, 0.05) is 26.2 Å². The molecule has 2 nitrogen and oxygen atoms in total. The molecule has 2 heterocycles. The van der Waals surface area contributed by atoms with Gasteiger partial charge in [-0.1, -0.05) is 0 Å². The normalized spacial score (nSPS) is 34.0. The van der Waals surface area contributed by atoms with Gasteiger partial charge in [-0.25, -0.2) is 0 Å². The van der Waals surface area contributed by atoms with Gasteiger partial charge in [-0.05, 0) is 57.0 Å². The highest BCUT2D eigenvalue weighted by Crippen LogP contribution is 2.47. The highest BCUT2D eigenvalue weighted by Gasteiger charge is 2.45. The zero-order chi connectivity index (χ0) is 10.5. The van der Waals surface area contributed by atoms with Crippen molar-refractivity contribution in [3.63, 3.8) is 0 Å². The molecule has 3 fully saturated rings. The van der Waals surface area contributed by atoms with Crippen molar-refractivity contribution in [3.05, 3.63) is 0 Å². The van der Waals surface area contributed by atoms with E-state index in [1.54, 1.807) is 0 Å². The van der Waals surface area contributed by atoms with Crippen LogP contribution < -0.4 is 0 Å². The highest BCUT2D eigenvalue weighted by atomic mass is 15.2. The van der Waals surface area contributed by atoms with Crippen LogP contribution in [0.4, 0.5) is 0 Å². The number of nitrogens with zero attached hydrogens (tertiary/aromatic N) is 2. The summed E-state index contributed by atoms with van der Waals surface area (Å²) in [5.74, 6) is 2.11. The molecule has 2 saturated heterocycles. The molecular weight excluding hydrogens is 184 g/mol. The summed E-state index contributed by atoms with van der Waals surface area (Å²) >= 11 is 0. The molecule has 3 aliphatic rings. The van der Waals surface area contributed by atoms with Crippen molar-refractivity contribution in [2.75, 3.05) is 40.3 Å². The van der Waals surface area contributed by atoms with Crippen LogP contribution in [0.5, 0.6) is 0 Å². The number of likely N-dealkylation sites (tertiary alicyclic amines) is 2. The van der Waals surface area contributed by atoms with Gasteiger partial charge in [0.15, 0.2) is 0 Å². The van der Waals surface area contributed by atoms with E-state index >= 15 is 0 Å². The Morgan fingerprint density at radius 2 is 1.47 bits per heavy atom. The zero-order valence-corrected chi connectivity index (χ0v) is 10.2. The topological polar surface area (TPSA) is 6.48 Å². The van der Waals surface area contributed by atoms with Crippen molar-refractivity contribution in [1.29, 1.82) is 0 Å². The molecular formula is C13H24N2. The molecule has 0 unspecified atom stereocenters. The van der Waals surface area contributed by atoms with E-state index in [2.05, 4.69) is 23.9 Å². The van der Waals surface area contributed by atoms with Gasteiger partial charge in [0.1, 0.15) is 0 Å². The first kappa shape index (κ1) is 10.1. The van der Waals surface area contributed by atoms with Crippen LogP contribution in [0.15, 0.2) is 0 Å². The lowest BCUT2D eigenvalue weighted by Crippen LogP contribution is -2.57. The molecule has 0 aromatic carbocycles. The molecule has 2 heteroatoms. The Balaban J connectivity index is 1.49. The summed E-state index contributed by atoms with van der Waals surface area (Å²) in [5, 5.41) is 0. The molecule has 2 aliphatic heterocycles. The lowest BCUT2D eigenvalue weighted by Gasteiger charge is -2.54. The van der Waals surface area contributed by atoms with E-state index in [9.17, 15) is 0 Å². The Bertz CT molecular complexity index is 229. The average molecular weight is 208 g/mol. The van der Waals surface area contributed by atoms with Crippen LogP contribution in [-0.2, 0) is 0 Å². The summed E-state index contributed by atoms with van der Waals surface area (Å²) in [6, 6.07) is 0. The van der Waals surface area contributed by atoms with Gasteiger partial charge >= 0.3 is 0 Å². The van der Waals surface area contributed by atoms with Crippen LogP contribution in [-0.4, -0.2) is 50.1 Å². The van der Waals surface area contributed by atoms with Gasteiger partial charge in [-0.3, -0.25) is 0 Å². The third-order valence-electron chi connectivity index (χ3n) is 5.06. The molecule has 0 amide bonds. The van der Waals surface area contributed by atoms with Crippen LogP contribution in [0.1, 0.15) is 25.7 Å². The predicted octanol–water partition coefficient (Wildman–Crippen LogP) is 1.67. The van der Waals surface area contributed by atoms with Crippen LogP contribution in [0.25, 0.3) is 0 Å². The van der Waals surface area contributed by atoms with Crippen LogP contribution in [0.2, 0.25) is 0 Å². The van der Waals surface area contributed by atoms with Crippen molar-refractivity contribution in [1.82, 2.24) is 9.80 Å². The molecule has 1 saturated carbocycles. The smallest absolute Gasteiger partial charge is 0.00474 e. The van der Waals surface area contributed by atoms with Crippen molar-refractivity contribution in [3.8, 4) is 0 Å². The summed E-state index contributed by atoms with van der Waals surface area (Å²) < 4.78 is 0. The lowest BCUT2D eigenvalue weighted by atomic mass is 9.63. The van der Waals surface area contributed by atoms with Crippen LogP contribution >= 0.6 is 0 Å². The fourth-order valence-electron chi connectivity index (χ4n) is 4.18. The van der Waals surface area contributed by atoms with Crippen molar-refractivity contribution < 1.29 is 0 Å². The molecule has 0 atom stereocenters. The molecule has 0 aromatic heterocycles. The quantitative estimate of drug-likeness (QED) is 0.647. The second-order valence-electron chi connectivity index (χ2n) is 6.49. The lowest BCUT2D eigenvalue weighted by molar-refractivity contribution is -0.0419.